The number of carbonyl (C=O) groups is 2. The van der Waals surface area contributed by atoms with E-state index in [2.05, 4.69) is 10.1 Å². The third-order valence-electron chi connectivity index (χ3n) is 5.14. The number of piperazine rings is 1. The van der Waals surface area contributed by atoms with Gasteiger partial charge in [0, 0.05) is 32.6 Å². The largest absolute Gasteiger partial charge is 0.453 e. The average Bonchev–Trinajstić information content (AvgIpc) is 2.80. The van der Waals surface area contributed by atoms with E-state index in [0.29, 0.717) is 6.07 Å². The molecule has 2 aromatic rings. The summed E-state index contributed by atoms with van der Waals surface area (Å²) in [6.07, 6.45) is -0.513. The average molecular weight is 467 g/mol. The van der Waals surface area contributed by atoms with E-state index < -0.39 is 33.8 Å². The van der Waals surface area contributed by atoms with Crippen LogP contribution in [0.3, 0.4) is 0 Å². The van der Waals surface area contributed by atoms with Gasteiger partial charge in [-0.15, -0.1) is 0 Å². The molecular weight excluding hydrogens is 444 g/mol. The van der Waals surface area contributed by atoms with E-state index in [1.54, 1.807) is 0 Å². The number of methoxy groups -OCH3 is 1. The second-order valence-corrected chi connectivity index (χ2v) is 9.12. The lowest BCUT2D eigenvalue weighted by Crippen LogP contribution is -2.56. The minimum Gasteiger partial charge on any atom is -0.453 e. The van der Waals surface area contributed by atoms with Gasteiger partial charge in [-0.1, -0.05) is 30.3 Å². The molecule has 1 saturated heterocycles. The number of nitrogens with zero attached hydrogens (tertiary/aromatic N) is 2. The summed E-state index contributed by atoms with van der Waals surface area (Å²) in [5.41, 5.74) is 0.835. The van der Waals surface area contributed by atoms with Crippen LogP contribution in [0.2, 0.25) is 0 Å². The molecule has 0 aliphatic carbocycles. The van der Waals surface area contributed by atoms with Crippen LogP contribution in [-0.2, 0) is 26.0 Å². The summed E-state index contributed by atoms with van der Waals surface area (Å²) in [6, 6.07) is 10.6. The number of halogens is 2. The summed E-state index contributed by atoms with van der Waals surface area (Å²) in [6.45, 7) is 0.110. The van der Waals surface area contributed by atoms with Crippen molar-refractivity contribution in [2.45, 2.75) is 17.4 Å². The van der Waals surface area contributed by atoms with Gasteiger partial charge in [-0.3, -0.25) is 4.79 Å². The first-order valence-electron chi connectivity index (χ1n) is 9.85. The van der Waals surface area contributed by atoms with Gasteiger partial charge in [0.2, 0.25) is 15.9 Å². The lowest BCUT2D eigenvalue weighted by atomic mass is 10.0. The number of benzene rings is 2. The maximum atomic E-state index is 13.5. The van der Waals surface area contributed by atoms with Crippen molar-refractivity contribution in [1.29, 1.82) is 0 Å². The molecule has 3 rings (SSSR count). The van der Waals surface area contributed by atoms with Crippen molar-refractivity contribution in [2.75, 3.05) is 33.3 Å². The highest BCUT2D eigenvalue weighted by Crippen LogP contribution is 2.20. The summed E-state index contributed by atoms with van der Waals surface area (Å²) in [5, 5.41) is 2.53. The molecule has 0 saturated carbocycles. The molecule has 0 spiro atoms. The van der Waals surface area contributed by atoms with E-state index >= 15 is 0 Å². The minimum absolute atomic E-state index is 0.0245. The fourth-order valence-electron chi connectivity index (χ4n) is 3.41. The monoisotopic (exact) mass is 467 g/mol. The molecule has 172 valence electrons. The first-order chi connectivity index (χ1) is 15.2. The normalized spacial score (nSPS) is 15.8. The van der Waals surface area contributed by atoms with E-state index in [1.807, 2.05) is 30.3 Å². The number of carbonyl (C=O) groups excluding carboxylic acids is 2. The van der Waals surface area contributed by atoms with Gasteiger partial charge in [-0.2, -0.15) is 4.31 Å². The Balaban J connectivity index is 1.69. The Labute approximate surface area is 184 Å². The molecule has 1 unspecified atom stereocenters. The fraction of sp³-hybridized carbons (Fsp3) is 0.333. The molecule has 1 atom stereocenters. The van der Waals surface area contributed by atoms with Crippen molar-refractivity contribution in [3.8, 4) is 0 Å². The molecule has 1 aliphatic heterocycles. The van der Waals surface area contributed by atoms with Gasteiger partial charge in [-0.25, -0.2) is 22.0 Å². The van der Waals surface area contributed by atoms with Crippen molar-refractivity contribution in [3.63, 3.8) is 0 Å². The van der Waals surface area contributed by atoms with Gasteiger partial charge in [0.05, 0.1) is 12.0 Å². The van der Waals surface area contributed by atoms with E-state index in [4.69, 9.17) is 0 Å². The molecule has 2 amide bonds. The molecule has 1 N–H and O–H groups in total. The van der Waals surface area contributed by atoms with Crippen molar-refractivity contribution < 1.29 is 31.5 Å². The van der Waals surface area contributed by atoms with Gasteiger partial charge >= 0.3 is 6.09 Å². The second-order valence-electron chi connectivity index (χ2n) is 7.18. The van der Waals surface area contributed by atoms with Crippen molar-refractivity contribution >= 4 is 22.0 Å². The highest BCUT2D eigenvalue weighted by Gasteiger charge is 2.33. The molecule has 1 fully saturated rings. The van der Waals surface area contributed by atoms with E-state index in [9.17, 15) is 26.8 Å². The predicted molar refractivity (Wildman–Crippen MR) is 111 cm³/mol. The maximum absolute atomic E-state index is 13.5. The van der Waals surface area contributed by atoms with Crippen molar-refractivity contribution in [2.24, 2.45) is 0 Å². The number of ether oxygens (including phenoxy) is 1. The number of rotatable bonds is 6. The predicted octanol–water partition coefficient (Wildman–Crippen LogP) is 1.76. The fourth-order valence-corrected chi connectivity index (χ4v) is 4.84. The molecule has 2 aromatic carbocycles. The third kappa shape index (κ3) is 5.40. The standard InChI is InChI=1S/C21H23F2N3O5S/c1-31-21(28)24-19(13-15-5-3-2-4-6-15)20(27)25-9-11-26(12-10-25)32(29,30)16-7-8-17(22)18(23)14-16/h2-8,14,19H,9-13H2,1H3,(H,24,28). The number of alkyl carbamates (subject to hydrolysis) is 1. The first-order valence-corrected chi connectivity index (χ1v) is 11.3. The van der Waals surface area contributed by atoms with E-state index in [-0.39, 0.29) is 43.4 Å². The summed E-state index contributed by atoms with van der Waals surface area (Å²) in [7, 11) is -2.85. The highest BCUT2D eigenvalue weighted by atomic mass is 32.2. The van der Waals surface area contributed by atoms with Gasteiger partial charge < -0.3 is 15.0 Å². The number of amides is 2. The first kappa shape index (κ1) is 23.6. The van der Waals surface area contributed by atoms with Gasteiger partial charge in [0.15, 0.2) is 11.6 Å². The van der Waals surface area contributed by atoms with Crippen LogP contribution in [-0.4, -0.2) is 69.0 Å². The Bertz CT molecular complexity index is 1070. The maximum Gasteiger partial charge on any atom is 0.407 e. The van der Waals surface area contributed by atoms with Crippen LogP contribution < -0.4 is 5.32 Å². The molecule has 0 radical (unpaired) electrons. The number of nitrogens with one attached hydrogen (secondary N) is 1. The minimum atomic E-state index is -4.04. The van der Waals surface area contributed by atoms with Gasteiger partial charge in [0.1, 0.15) is 6.04 Å². The molecule has 0 aromatic heterocycles. The Morgan fingerprint density at radius 1 is 1.03 bits per heavy atom. The summed E-state index contributed by atoms with van der Waals surface area (Å²) >= 11 is 0. The second kappa shape index (κ2) is 10.0. The SMILES string of the molecule is COC(=O)NC(Cc1ccccc1)C(=O)N1CCN(S(=O)(=O)c2ccc(F)c(F)c2)CC1. The van der Waals surface area contributed by atoms with Crippen LogP contribution in [0.15, 0.2) is 53.4 Å². The van der Waals surface area contributed by atoms with Crippen LogP contribution in [0, 0.1) is 11.6 Å². The zero-order chi connectivity index (χ0) is 23.3. The van der Waals surface area contributed by atoms with Crippen molar-refractivity contribution in [1.82, 2.24) is 14.5 Å². The molecule has 32 heavy (non-hydrogen) atoms. The topological polar surface area (TPSA) is 96.0 Å². The van der Waals surface area contributed by atoms with Crippen LogP contribution in [0.5, 0.6) is 0 Å². The quantitative estimate of drug-likeness (QED) is 0.699. The van der Waals surface area contributed by atoms with Crippen LogP contribution in [0.25, 0.3) is 0 Å². The van der Waals surface area contributed by atoms with Gasteiger partial charge in [-0.05, 0) is 23.8 Å². The lowest BCUT2D eigenvalue weighted by molar-refractivity contribution is -0.134. The Morgan fingerprint density at radius 3 is 2.28 bits per heavy atom. The van der Waals surface area contributed by atoms with Gasteiger partial charge in [0.25, 0.3) is 0 Å². The Kier molecular flexibility index (Phi) is 7.41. The van der Waals surface area contributed by atoms with Crippen LogP contribution >= 0.6 is 0 Å². The third-order valence-corrected chi connectivity index (χ3v) is 7.03. The van der Waals surface area contributed by atoms with Crippen LogP contribution in [0.1, 0.15) is 5.56 Å². The van der Waals surface area contributed by atoms with Crippen LogP contribution in [0.4, 0.5) is 13.6 Å². The Morgan fingerprint density at radius 2 is 1.69 bits per heavy atom. The summed E-state index contributed by atoms with van der Waals surface area (Å²) in [5.74, 6) is -2.76. The zero-order valence-electron chi connectivity index (χ0n) is 17.3. The number of hydrogen-bond donors (Lipinski definition) is 1. The van der Waals surface area contributed by atoms with E-state index in [1.165, 1.54) is 12.0 Å². The highest BCUT2D eigenvalue weighted by molar-refractivity contribution is 7.89. The smallest absolute Gasteiger partial charge is 0.407 e. The molecule has 11 heteroatoms. The molecule has 1 aliphatic rings. The lowest BCUT2D eigenvalue weighted by Gasteiger charge is -2.35. The molecule has 0 bridgehead atoms. The molecule has 1 heterocycles. The van der Waals surface area contributed by atoms with Crippen molar-refractivity contribution in [3.05, 3.63) is 65.7 Å². The summed E-state index contributed by atoms with van der Waals surface area (Å²) < 4.78 is 57.9. The molecular formula is C21H23F2N3O5S. The zero-order valence-corrected chi connectivity index (χ0v) is 18.1. The van der Waals surface area contributed by atoms with E-state index in [0.717, 1.165) is 22.0 Å². The summed E-state index contributed by atoms with van der Waals surface area (Å²) in [4.78, 5) is 25.9. The molecule has 8 nitrogen and oxygen atoms in total. The number of sulfonamides is 1. The Hall–Kier alpha value is -3.05. The number of hydrogen-bond acceptors (Lipinski definition) is 5.